The first-order valence-electron chi connectivity index (χ1n) is 6.81. The number of nitrogens with two attached hydrogens (primary N) is 1. The second-order valence-electron chi connectivity index (χ2n) is 4.50. The number of ether oxygens (including phenoxy) is 1. The fraction of sp³-hybridized carbons (Fsp3) is 0.333. The van der Waals surface area contributed by atoms with Crippen molar-refractivity contribution in [3.63, 3.8) is 0 Å². The third-order valence-electron chi connectivity index (χ3n) is 3.20. The average molecular weight is 290 g/mol. The number of carbonyl (C=O) groups excluding carboxylic acids is 2. The molecule has 0 bridgehead atoms. The molecule has 1 atom stereocenters. The quantitative estimate of drug-likeness (QED) is 0.827. The van der Waals surface area contributed by atoms with E-state index in [9.17, 15) is 9.59 Å². The van der Waals surface area contributed by atoms with E-state index in [1.54, 1.807) is 35.8 Å². The van der Waals surface area contributed by atoms with E-state index in [1.807, 2.05) is 6.92 Å². The molecular weight excluding hydrogens is 272 g/mol. The van der Waals surface area contributed by atoms with Crippen molar-refractivity contribution in [2.45, 2.75) is 26.3 Å². The zero-order valence-electron chi connectivity index (χ0n) is 12.0. The van der Waals surface area contributed by atoms with Crippen LogP contribution >= 0.6 is 0 Å². The van der Waals surface area contributed by atoms with Gasteiger partial charge < -0.3 is 19.5 Å². The molecule has 112 valence electrons. The lowest BCUT2D eigenvalue weighted by Gasteiger charge is -2.19. The van der Waals surface area contributed by atoms with E-state index < -0.39 is 17.9 Å². The number of carbonyl (C=O) groups is 2. The monoisotopic (exact) mass is 290 g/mol. The van der Waals surface area contributed by atoms with Gasteiger partial charge in [-0.1, -0.05) is 6.92 Å². The standard InChI is InChI=1S/C15H18N2O4/c1-3-10(14(16)18)17-11(13-6-5-9-21-13)7-8-12(17)15(19)20-4-2/h5-10H,3-4H2,1-2H3,(H2,16,18). The zero-order chi connectivity index (χ0) is 15.4. The number of primary amides is 1. The molecular formula is C15H18N2O4. The highest BCUT2D eigenvalue weighted by atomic mass is 16.5. The number of hydrogen-bond acceptors (Lipinski definition) is 4. The lowest BCUT2D eigenvalue weighted by molar-refractivity contribution is -0.121. The van der Waals surface area contributed by atoms with Gasteiger partial charge in [-0.3, -0.25) is 4.79 Å². The summed E-state index contributed by atoms with van der Waals surface area (Å²) in [5, 5.41) is 0. The molecule has 6 nitrogen and oxygen atoms in total. The first-order valence-corrected chi connectivity index (χ1v) is 6.81. The summed E-state index contributed by atoms with van der Waals surface area (Å²) in [5.74, 6) is -0.438. The van der Waals surface area contributed by atoms with Crippen molar-refractivity contribution < 1.29 is 18.7 Å². The fourth-order valence-electron chi connectivity index (χ4n) is 2.29. The molecule has 0 radical (unpaired) electrons. The lowest BCUT2D eigenvalue weighted by Crippen LogP contribution is -2.29. The Balaban J connectivity index is 2.57. The van der Waals surface area contributed by atoms with Crippen molar-refractivity contribution >= 4 is 11.9 Å². The molecule has 0 saturated carbocycles. The number of furan rings is 1. The normalized spacial score (nSPS) is 12.1. The van der Waals surface area contributed by atoms with Gasteiger partial charge in [-0.05, 0) is 37.6 Å². The molecule has 1 unspecified atom stereocenters. The molecule has 0 saturated heterocycles. The van der Waals surface area contributed by atoms with Crippen molar-refractivity contribution in [1.82, 2.24) is 4.57 Å². The van der Waals surface area contributed by atoms with Gasteiger partial charge in [0.25, 0.3) is 0 Å². The second-order valence-corrected chi connectivity index (χ2v) is 4.50. The van der Waals surface area contributed by atoms with E-state index in [2.05, 4.69) is 0 Å². The molecule has 0 aliphatic heterocycles. The number of amides is 1. The highest BCUT2D eigenvalue weighted by Gasteiger charge is 2.26. The molecule has 0 spiro atoms. The van der Waals surface area contributed by atoms with Gasteiger partial charge in [-0.2, -0.15) is 0 Å². The third kappa shape index (κ3) is 2.84. The Morgan fingerprint density at radius 3 is 2.62 bits per heavy atom. The summed E-state index contributed by atoms with van der Waals surface area (Å²) in [6.07, 6.45) is 1.99. The molecule has 2 aromatic heterocycles. The molecule has 0 aliphatic rings. The van der Waals surface area contributed by atoms with E-state index >= 15 is 0 Å². The Labute approximate surface area is 122 Å². The Bertz CT molecular complexity index is 628. The molecule has 1 amide bonds. The summed E-state index contributed by atoms with van der Waals surface area (Å²) in [4.78, 5) is 23.8. The van der Waals surface area contributed by atoms with Crippen LogP contribution in [0.4, 0.5) is 0 Å². The zero-order valence-corrected chi connectivity index (χ0v) is 12.0. The largest absolute Gasteiger partial charge is 0.463 e. The Morgan fingerprint density at radius 1 is 1.33 bits per heavy atom. The molecule has 6 heteroatoms. The van der Waals surface area contributed by atoms with Crippen LogP contribution in [0.5, 0.6) is 0 Å². The molecule has 21 heavy (non-hydrogen) atoms. The van der Waals surface area contributed by atoms with Gasteiger partial charge in [-0.15, -0.1) is 0 Å². The van der Waals surface area contributed by atoms with E-state index in [-0.39, 0.29) is 12.3 Å². The van der Waals surface area contributed by atoms with Gasteiger partial charge in [0.05, 0.1) is 18.6 Å². The topological polar surface area (TPSA) is 87.5 Å². The van der Waals surface area contributed by atoms with Crippen LogP contribution in [0.1, 0.15) is 36.8 Å². The number of rotatable bonds is 6. The summed E-state index contributed by atoms with van der Waals surface area (Å²) in [5.41, 5.74) is 6.37. The maximum Gasteiger partial charge on any atom is 0.354 e. The molecule has 0 aromatic carbocycles. The molecule has 2 aromatic rings. The summed E-state index contributed by atoms with van der Waals surface area (Å²) in [6, 6.07) is 6.19. The van der Waals surface area contributed by atoms with Crippen LogP contribution in [0, 0.1) is 0 Å². The van der Waals surface area contributed by atoms with Crippen LogP contribution in [0.2, 0.25) is 0 Å². The lowest BCUT2D eigenvalue weighted by atomic mass is 10.2. The van der Waals surface area contributed by atoms with Crippen molar-refractivity contribution in [1.29, 1.82) is 0 Å². The maximum atomic E-state index is 12.1. The van der Waals surface area contributed by atoms with Crippen molar-refractivity contribution in [3.8, 4) is 11.5 Å². The Morgan fingerprint density at radius 2 is 2.10 bits per heavy atom. The average Bonchev–Trinajstić information content (AvgIpc) is 3.07. The predicted molar refractivity (Wildman–Crippen MR) is 76.6 cm³/mol. The van der Waals surface area contributed by atoms with Gasteiger partial charge in [0.15, 0.2) is 0 Å². The van der Waals surface area contributed by atoms with Crippen LogP contribution in [0.3, 0.4) is 0 Å². The van der Waals surface area contributed by atoms with Crippen molar-refractivity contribution in [2.24, 2.45) is 5.73 Å². The van der Waals surface area contributed by atoms with Crippen LogP contribution < -0.4 is 5.73 Å². The second kappa shape index (κ2) is 6.30. The molecule has 2 N–H and O–H groups in total. The summed E-state index contributed by atoms with van der Waals surface area (Å²) < 4.78 is 12.0. The van der Waals surface area contributed by atoms with Gasteiger partial charge in [0.1, 0.15) is 17.5 Å². The molecule has 2 heterocycles. The third-order valence-corrected chi connectivity index (χ3v) is 3.20. The minimum atomic E-state index is -0.639. The Kier molecular flexibility index (Phi) is 4.47. The molecule has 0 fully saturated rings. The van der Waals surface area contributed by atoms with Gasteiger partial charge in [0.2, 0.25) is 5.91 Å². The first-order chi connectivity index (χ1) is 10.1. The summed E-state index contributed by atoms with van der Waals surface area (Å²) >= 11 is 0. The molecule has 0 aliphatic carbocycles. The number of nitrogens with zero attached hydrogens (tertiary/aromatic N) is 1. The van der Waals surface area contributed by atoms with E-state index in [4.69, 9.17) is 14.9 Å². The highest BCUT2D eigenvalue weighted by molar-refractivity contribution is 5.90. The summed E-state index contributed by atoms with van der Waals surface area (Å²) in [6.45, 7) is 3.81. The van der Waals surface area contributed by atoms with E-state index in [0.29, 0.717) is 17.9 Å². The number of esters is 1. The number of hydrogen-bond donors (Lipinski definition) is 1. The van der Waals surface area contributed by atoms with Gasteiger partial charge in [-0.25, -0.2) is 4.79 Å². The minimum absolute atomic E-state index is 0.257. The number of aromatic nitrogens is 1. The maximum absolute atomic E-state index is 12.1. The fourth-order valence-corrected chi connectivity index (χ4v) is 2.29. The van der Waals surface area contributed by atoms with Crippen molar-refractivity contribution in [2.75, 3.05) is 6.61 Å². The van der Waals surface area contributed by atoms with E-state index in [1.165, 1.54) is 6.26 Å². The highest BCUT2D eigenvalue weighted by Crippen LogP contribution is 2.28. The summed E-state index contributed by atoms with van der Waals surface area (Å²) in [7, 11) is 0. The first kappa shape index (κ1) is 14.9. The van der Waals surface area contributed by atoms with Gasteiger partial charge >= 0.3 is 5.97 Å². The van der Waals surface area contributed by atoms with Crippen molar-refractivity contribution in [3.05, 3.63) is 36.2 Å². The van der Waals surface area contributed by atoms with Crippen LogP contribution in [0.15, 0.2) is 34.9 Å². The molecule has 2 rings (SSSR count). The van der Waals surface area contributed by atoms with Gasteiger partial charge in [0, 0.05) is 0 Å². The Hall–Kier alpha value is -2.50. The van der Waals surface area contributed by atoms with E-state index in [0.717, 1.165) is 0 Å². The predicted octanol–water partition coefficient (Wildman–Crippen LogP) is 2.36. The minimum Gasteiger partial charge on any atom is -0.463 e. The van der Waals surface area contributed by atoms with Crippen LogP contribution in [0.25, 0.3) is 11.5 Å². The SMILES string of the molecule is CCOC(=O)c1ccc(-c2ccco2)n1C(CC)C(N)=O. The van der Waals surface area contributed by atoms with Crippen LogP contribution in [-0.2, 0) is 9.53 Å². The van der Waals surface area contributed by atoms with Crippen LogP contribution in [-0.4, -0.2) is 23.1 Å². The smallest absolute Gasteiger partial charge is 0.354 e.